The normalized spacial score (nSPS) is 9.42. The zero-order valence-electron chi connectivity index (χ0n) is 13.6. The number of aldehydes is 1. The van der Waals surface area contributed by atoms with Crippen LogP contribution in [0, 0.1) is 0 Å². The van der Waals surface area contributed by atoms with Gasteiger partial charge in [-0.25, -0.2) is 0 Å². The molecule has 0 spiro atoms. The van der Waals surface area contributed by atoms with Gasteiger partial charge in [0.1, 0.15) is 0 Å². The van der Waals surface area contributed by atoms with Gasteiger partial charge in [0, 0.05) is 12.7 Å². The summed E-state index contributed by atoms with van der Waals surface area (Å²) in [6.07, 6.45) is 0.891. The van der Waals surface area contributed by atoms with Crippen LogP contribution >= 0.6 is 0 Å². The van der Waals surface area contributed by atoms with Gasteiger partial charge < -0.3 is 5.11 Å². The molecule has 120 valence electrons. The summed E-state index contributed by atoms with van der Waals surface area (Å²) in [6.45, 7) is 0. The minimum atomic E-state index is 0.758. The van der Waals surface area contributed by atoms with E-state index < -0.39 is 0 Å². The molecule has 4 aromatic carbocycles. The van der Waals surface area contributed by atoms with E-state index in [1.807, 2.05) is 42.5 Å². The standard InChI is InChI=1S/C11H8O.C10H8.CH4O/c12-8-10-6-3-5-9-4-1-2-7-11(9)10;1-2-6-10-8-4-3-7-9(10)5-1;1-2/h1-8H;1-8H;2H,1H3. The van der Waals surface area contributed by atoms with Crippen molar-refractivity contribution in [2.75, 3.05) is 7.11 Å². The first-order chi connectivity index (χ1) is 11.9. The number of benzene rings is 4. The lowest BCUT2D eigenvalue weighted by Gasteiger charge is -1.98. The molecule has 0 fully saturated rings. The zero-order valence-corrected chi connectivity index (χ0v) is 13.6. The Labute approximate surface area is 142 Å². The van der Waals surface area contributed by atoms with E-state index in [-0.39, 0.29) is 0 Å². The van der Waals surface area contributed by atoms with Gasteiger partial charge in [-0.3, -0.25) is 4.79 Å². The molecule has 4 aromatic rings. The van der Waals surface area contributed by atoms with Gasteiger partial charge in [0.05, 0.1) is 0 Å². The lowest BCUT2D eigenvalue weighted by molar-refractivity contribution is 0.112. The van der Waals surface area contributed by atoms with Crippen LogP contribution in [0.4, 0.5) is 0 Å². The third-order valence-corrected chi connectivity index (χ3v) is 3.61. The summed E-state index contributed by atoms with van der Waals surface area (Å²) in [4.78, 5) is 10.6. The Kier molecular flexibility index (Phi) is 6.69. The Morgan fingerprint density at radius 1 is 0.583 bits per heavy atom. The highest BCUT2D eigenvalue weighted by atomic mass is 16.2. The van der Waals surface area contributed by atoms with Crippen molar-refractivity contribution in [3.63, 3.8) is 0 Å². The van der Waals surface area contributed by atoms with Crippen molar-refractivity contribution >= 4 is 27.8 Å². The molecule has 4 rings (SSSR count). The molecule has 0 saturated heterocycles. The zero-order chi connectivity index (χ0) is 17.2. The van der Waals surface area contributed by atoms with Crippen LogP contribution in [-0.2, 0) is 0 Å². The van der Waals surface area contributed by atoms with E-state index in [4.69, 9.17) is 5.11 Å². The molecule has 0 heterocycles. The molecule has 0 saturated carbocycles. The highest BCUT2D eigenvalue weighted by Gasteiger charge is 1.96. The highest BCUT2D eigenvalue weighted by molar-refractivity contribution is 5.97. The Morgan fingerprint density at radius 3 is 1.50 bits per heavy atom. The summed E-state index contributed by atoms with van der Waals surface area (Å²) < 4.78 is 0. The largest absolute Gasteiger partial charge is 0.400 e. The van der Waals surface area contributed by atoms with Crippen molar-refractivity contribution in [2.45, 2.75) is 0 Å². The topological polar surface area (TPSA) is 37.3 Å². The van der Waals surface area contributed by atoms with Gasteiger partial charge in [-0.1, -0.05) is 91.0 Å². The van der Waals surface area contributed by atoms with Crippen LogP contribution in [0.2, 0.25) is 0 Å². The lowest BCUT2D eigenvalue weighted by atomic mass is 10.1. The van der Waals surface area contributed by atoms with Crippen molar-refractivity contribution in [1.82, 2.24) is 0 Å². The van der Waals surface area contributed by atoms with Gasteiger partial charge in [0.25, 0.3) is 0 Å². The second-order valence-corrected chi connectivity index (χ2v) is 5.03. The van der Waals surface area contributed by atoms with Gasteiger partial charge in [0.15, 0.2) is 6.29 Å². The van der Waals surface area contributed by atoms with Gasteiger partial charge >= 0.3 is 0 Å². The Hall–Kier alpha value is -2.97. The fraction of sp³-hybridized carbons (Fsp3) is 0.0455. The number of hydrogen-bond donors (Lipinski definition) is 1. The molecule has 0 aromatic heterocycles. The van der Waals surface area contributed by atoms with Crippen molar-refractivity contribution in [3.8, 4) is 0 Å². The summed E-state index contributed by atoms with van der Waals surface area (Å²) >= 11 is 0. The monoisotopic (exact) mass is 316 g/mol. The van der Waals surface area contributed by atoms with Crippen LogP contribution in [0.25, 0.3) is 21.5 Å². The highest BCUT2D eigenvalue weighted by Crippen LogP contribution is 2.16. The number of aliphatic hydroxyl groups is 1. The van der Waals surface area contributed by atoms with Crippen LogP contribution in [-0.4, -0.2) is 18.5 Å². The molecule has 0 radical (unpaired) electrons. The maximum atomic E-state index is 10.6. The molecule has 0 aliphatic carbocycles. The number of rotatable bonds is 1. The van der Waals surface area contributed by atoms with E-state index in [0.717, 1.165) is 29.7 Å². The number of hydrogen-bond acceptors (Lipinski definition) is 2. The molecule has 2 heteroatoms. The van der Waals surface area contributed by atoms with Crippen LogP contribution in [0.15, 0.2) is 91.0 Å². The molecule has 24 heavy (non-hydrogen) atoms. The SMILES string of the molecule is CO.O=Cc1cccc2ccccc12.c1ccc2ccccc2c1. The summed E-state index contributed by atoms with van der Waals surface area (Å²) in [5.74, 6) is 0. The molecule has 0 aliphatic heterocycles. The Bertz CT molecular complexity index is 843. The molecule has 0 bridgehead atoms. The van der Waals surface area contributed by atoms with Crippen LogP contribution < -0.4 is 0 Å². The van der Waals surface area contributed by atoms with Gasteiger partial charge in [-0.05, 0) is 21.5 Å². The van der Waals surface area contributed by atoms with E-state index in [0.29, 0.717) is 0 Å². The third-order valence-electron chi connectivity index (χ3n) is 3.61. The predicted octanol–water partition coefficient (Wildman–Crippen LogP) is 5.10. The van der Waals surface area contributed by atoms with Crippen molar-refractivity contribution in [1.29, 1.82) is 0 Å². The summed E-state index contributed by atoms with van der Waals surface area (Å²) in [7, 11) is 1.00. The molecular weight excluding hydrogens is 296 g/mol. The van der Waals surface area contributed by atoms with Gasteiger partial charge in [-0.15, -0.1) is 0 Å². The van der Waals surface area contributed by atoms with E-state index in [9.17, 15) is 4.79 Å². The first kappa shape index (κ1) is 17.4. The predicted molar refractivity (Wildman–Crippen MR) is 101 cm³/mol. The van der Waals surface area contributed by atoms with E-state index >= 15 is 0 Å². The molecule has 0 atom stereocenters. The summed E-state index contributed by atoms with van der Waals surface area (Å²) in [5, 5.41) is 11.8. The minimum Gasteiger partial charge on any atom is -0.400 e. The van der Waals surface area contributed by atoms with Crippen molar-refractivity contribution in [2.24, 2.45) is 0 Å². The van der Waals surface area contributed by atoms with Crippen molar-refractivity contribution in [3.05, 3.63) is 96.6 Å². The van der Waals surface area contributed by atoms with Crippen molar-refractivity contribution < 1.29 is 9.90 Å². The first-order valence-corrected chi connectivity index (χ1v) is 7.70. The first-order valence-electron chi connectivity index (χ1n) is 7.70. The molecule has 2 nitrogen and oxygen atoms in total. The number of carbonyl (C=O) groups excluding carboxylic acids is 1. The molecular formula is C22H20O2. The molecule has 0 unspecified atom stereocenters. The second-order valence-electron chi connectivity index (χ2n) is 5.03. The van der Waals surface area contributed by atoms with E-state index in [2.05, 4.69) is 48.5 Å². The number of aliphatic hydroxyl groups excluding tert-OH is 1. The van der Waals surface area contributed by atoms with E-state index in [1.54, 1.807) is 0 Å². The van der Waals surface area contributed by atoms with Crippen LogP contribution in [0.3, 0.4) is 0 Å². The number of carbonyl (C=O) groups is 1. The van der Waals surface area contributed by atoms with Gasteiger partial charge in [0.2, 0.25) is 0 Å². The van der Waals surface area contributed by atoms with Gasteiger partial charge in [-0.2, -0.15) is 0 Å². The Morgan fingerprint density at radius 2 is 1.00 bits per heavy atom. The molecule has 0 aliphatic rings. The smallest absolute Gasteiger partial charge is 0.150 e. The second kappa shape index (κ2) is 9.23. The van der Waals surface area contributed by atoms with Crippen LogP contribution in [0.5, 0.6) is 0 Å². The number of fused-ring (bicyclic) bond motifs is 2. The maximum Gasteiger partial charge on any atom is 0.150 e. The average molecular weight is 316 g/mol. The molecule has 1 N–H and O–H groups in total. The minimum absolute atomic E-state index is 0.758. The summed E-state index contributed by atoms with van der Waals surface area (Å²) in [5.41, 5.74) is 0.758. The fourth-order valence-electron chi connectivity index (χ4n) is 2.49. The lowest BCUT2D eigenvalue weighted by Crippen LogP contribution is -1.81. The van der Waals surface area contributed by atoms with Crippen LogP contribution in [0.1, 0.15) is 10.4 Å². The average Bonchev–Trinajstić information content (AvgIpc) is 2.69. The molecule has 0 amide bonds. The Balaban J connectivity index is 0.000000160. The van der Waals surface area contributed by atoms with E-state index in [1.165, 1.54) is 10.8 Å². The maximum absolute atomic E-state index is 10.6. The summed E-state index contributed by atoms with van der Waals surface area (Å²) in [6, 6.07) is 30.3. The quantitative estimate of drug-likeness (QED) is 0.496. The third kappa shape index (κ3) is 4.28. The fourth-order valence-corrected chi connectivity index (χ4v) is 2.49.